The van der Waals surface area contributed by atoms with Gasteiger partial charge in [0.25, 0.3) is 11.8 Å². The van der Waals surface area contributed by atoms with Crippen LogP contribution < -0.4 is 11.1 Å². The molecule has 2 aliphatic heterocycles. The Labute approximate surface area is 169 Å². The molecule has 10 heteroatoms. The van der Waals surface area contributed by atoms with E-state index in [0.717, 1.165) is 25.7 Å². The number of thiazole rings is 1. The highest BCUT2D eigenvalue weighted by Crippen LogP contribution is 2.38. The van der Waals surface area contributed by atoms with Gasteiger partial charge in [0.2, 0.25) is 0 Å². The van der Waals surface area contributed by atoms with Gasteiger partial charge in [0.05, 0.1) is 11.3 Å². The van der Waals surface area contributed by atoms with Crippen LogP contribution in [0.5, 0.6) is 0 Å². The van der Waals surface area contributed by atoms with Gasteiger partial charge in [0.1, 0.15) is 17.1 Å². The normalized spacial score (nSPS) is 25.1. The number of nitrogen functional groups attached to an aromatic ring is 1. The molecular weight excluding hydrogens is 400 g/mol. The van der Waals surface area contributed by atoms with Crippen LogP contribution in [0.15, 0.2) is 23.2 Å². The lowest BCUT2D eigenvalue weighted by Crippen LogP contribution is -2.70. The molecule has 0 unspecified atom stereocenters. The third-order valence-corrected chi connectivity index (χ3v) is 7.05. The summed E-state index contributed by atoms with van der Waals surface area (Å²) in [6, 6.07) is -0.747. The first kappa shape index (κ1) is 19.0. The Morgan fingerprint density at radius 2 is 2.11 bits per heavy atom. The predicted molar refractivity (Wildman–Crippen MR) is 107 cm³/mol. The van der Waals surface area contributed by atoms with Crippen LogP contribution in [-0.4, -0.2) is 49.9 Å². The van der Waals surface area contributed by atoms with Crippen molar-refractivity contribution in [2.24, 2.45) is 5.92 Å². The molecule has 0 radical (unpaired) electrons. The Balaban J connectivity index is 1.53. The molecule has 1 saturated carbocycles. The van der Waals surface area contributed by atoms with Gasteiger partial charge in [-0.25, -0.2) is 9.78 Å². The number of thioether (sulfide) groups is 1. The van der Waals surface area contributed by atoms with Gasteiger partial charge in [-0.15, -0.1) is 23.1 Å². The van der Waals surface area contributed by atoms with Gasteiger partial charge < -0.3 is 16.2 Å². The van der Waals surface area contributed by atoms with Crippen LogP contribution in [0.4, 0.5) is 5.13 Å². The maximum Gasteiger partial charge on any atom is 0.352 e. The zero-order chi connectivity index (χ0) is 19.8. The molecule has 1 aliphatic carbocycles. The van der Waals surface area contributed by atoms with Gasteiger partial charge in [-0.1, -0.05) is 18.9 Å². The zero-order valence-electron chi connectivity index (χ0n) is 15.0. The van der Waals surface area contributed by atoms with E-state index in [1.54, 1.807) is 5.38 Å². The van der Waals surface area contributed by atoms with E-state index < -0.39 is 23.3 Å². The van der Waals surface area contributed by atoms with Gasteiger partial charge in [0, 0.05) is 11.1 Å². The molecule has 148 valence electrons. The van der Waals surface area contributed by atoms with Crippen LogP contribution in [0.1, 0.15) is 31.4 Å². The molecule has 2 atom stereocenters. The second kappa shape index (κ2) is 7.59. The standard InChI is InChI=1S/C18H20N4O4S2/c19-18-20-11(8-28-18)10(7-9-3-1-2-4-9)14(23)21-13-15(24)22-12(17(25)26)5-6-27-16(13)22/h5,7-9,13,16H,1-4,6H2,(H2,19,20)(H,21,23)(H,25,26)/b10-7-/t13-,16-/m1/s1. The molecule has 3 aliphatic rings. The second-order valence-corrected chi connectivity index (χ2v) is 9.01. The summed E-state index contributed by atoms with van der Waals surface area (Å²) in [6.45, 7) is 0. The highest BCUT2D eigenvalue weighted by Gasteiger charge is 2.52. The predicted octanol–water partition coefficient (Wildman–Crippen LogP) is 1.67. The molecule has 1 aromatic heterocycles. The average molecular weight is 421 g/mol. The first-order chi connectivity index (χ1) is 13.5. The Morgan fingerprint density at radius 1 is 1.36 bits per heavy atom. The fourth-order valence-corrected chi connectivity index (χ4v) is 5.56. The molecular formula is C18H20N4O4S2. The first-order valence-electron chi connectivity index (χ1n) is 9.08. The summed E-state index contributed by atoms with van der Waals surface area (Å²) in [5.41, 5.74) is 6.66. The van der Waals surface area contributed by atoms with Gasteiger partial charge in [-0.2, -0.15) is 0 Å². The molecule has 0 spiro atoms. The Morgan fingerprint density at radius 3 is 2.75 bits per heavy atom. The minimum Gasteiger partial charge on any atom is -0.477 e. The molecule has 1 saturated heterocycles. The van der Waals surface area contributed by atoms with Crippen LogP contribution in [-0.2, 0) is 14.4 Å². The quantitative estimate of drug-likeness (QED) is 0.489. The number of β-lactam (4-membered cyclic amide) rings is 1. The lowest BCUT2D eigenvalue weighted by molar-refractivity contribution is -0.150. The smallest absolute Gasteiger partial charge is 0.352 e. The number of aliphatic carboxylic acids is 1. The number of carbonyl (C=O) groups excluding carboxylic acids is 2. The van der Waals surface area contributed by atoms with E-state index in [9.17, 15) is 19.5 Å². The highest BCUT2D eigenvalue weighted by molar-refractivity contribution is 8.00. The van der Waals surface area contributed by atoms with Crippen molar-refractivity contribution in [2.75, 3.05) is 11.5 Å². The van der Waals surface area contributed by atoms with Crippen LogP contribution in [0.2, 0.25) is 0 Å². The topological polar surface area (TPSA) is 126 Å². The molecule has 0 bridgehead atoms. The summed E-state index contributed by atoms with van der Waals surface area (Å²) >= 11 is 2.69. The highest BCUT2D eigenvalue weighted by atomic mass is 32.2. The van der Waals surface area contributed by atoms with E-state index in [-0.39, 0.29) is 11.6 Å². The summed E-state index contributed by atoms with van der Waals surface area (Å²) in [5.74, 6) is -1.12. The number of rotatable bonds is 5. The van der Waals surface area contributed by atoms with Crippen molar-refractivity contribution < 1.29 is 19.5 Å². The SMILES string of the molecule is Nc1nc(/C(=C/C2CCCC2)C(=O)N[C@@H]2C(=O)N3C(C(=O)O)=CCS[C@H]23)cs1. The van der Waals surface area contributed by atoms with E-state index in [1.165, 1.54) is 34.1 Å². The number of anilines is 1. The number of fused-ring (bicyclic) bond motifs is 1. The van der Waals surface area contributed by atoms with Crippen molar-refractivity contribution in [3.8, 4) is 0 Å². The number of amides is 2. The maximum atomic E-state index is 13.0. The van der Waals surface area contributed by atoms with E-state index in [4.69, 9.17) is 5.73 Å². The van der Waals surface area contributed by atoms with Gasteiger partial charge in [-0.05, 0) is 24.8 Å². The fraction of sp³-hybridized carbons (Fsp3) is 0.444. The molecule has 4 rings (SSSR count). The first-order valence-corrected chi connectivity index (χ1v) is 11.0. The molecule has 3 heterocycles. The van der Waals surface area contributed by atoms with Crippen molar-refractivity contribution in [1.29, 1.82) is 0 Å². The van der Waals surface area contributed by atoms with Crippen LogP contribution in [0.3, 0.4) is 0 Å². The number of nitrogens with zero attached hydrogens (tertiary/aromatic N) is 2. The molecule has 2 amide bonds. The number of carbonyl (C=O) groups is 3. The third kappa shape index (κ3) is 3.42. The van der Waals surface area contributed by atoms with E-state index in [2.05, 4.69) is 10.3 Å². The number of nitrogens with two attached hydrogens (primary N) is 1. The lowest BCUT2D eigenvalue weighted by atomic mass is 10.00. The Bertz CT molecular complexity index is 888. The summed E-state index contributed by atoms with van der Waals surface area (Å²) in [7, 11) is 0. The molecule has 28 heavy (non-hydrogen) atoms. The minimum atomic E-state index is -1.14. The number of allylic oxidation sites excluding steroid dienone is 1. The summed E-state index contributed by atoms with van der Waals surface area (Å²) in [6.07, 6.45) is 7.77. The number of hydrogen-bond donors (Lipinski definition) is 3. The van der Waals surface area contributed by atoms with E-state index in [0.29, 0.717) is 28.1 Å². The minimum absolute atomic E-state index is 0.0201. The summed E-state index contributed by atoms with van der Waals surface area (Å²) in [4.78, 5) is 42.3. The molecule has 1 aromatic rings. The van der Waals surface area contributed by atoms with E-state index in [1.807, 2.05) is 6.08 Å². The van der Waals surface area contributed by atoms with Crippen molar-refractivity contribution in [1.82, 2.24) is 15.2 Å². The number of aromatic nitrogens is 1. The average Bonchev–Trinajstić information content (AvgIpc) is 3.34. The number of carboxylic acid groups (broad SMARTS) is 1. The Kier molecular flexibility index (Phi) is 5.15. The third-order valence-electron chi connectivity index (χ3n) is 5.20. The summed E-state index contributed by atoms with van der Waals surface area (Å²) in [5, 5.41) is 13.8. The summed E-state index contributed by atoms with van der Waals surface area (Å²) < 4.78 is 0. The Hall–Kier alpha value is -2.33. The maximum absolute atomic E-state index is 13.0. The van der Waals surface area contributed by atoms with Gasteiger partial charge >= 0.3 is 5.97 Å². The van der Waals surface area contributed by atoms with Crippen molar-refractivity contribution in [3.63, 3.8) is 0 Å². The van der Waals surface area contributed by atoms with Gasteiger partial charge in [-0.3, -0.25) is 14.5 Å². The molecule has 0 aromatic carbocycles. The zero-order valence-corrected chi connectivity index (χ0v) is 16.6. The van der Waals surface area contributed by atoms with Crippen molar-refractivity contribution in [2.45, 2.75) is 37.1 Å². The number of carboxylic acids is 1. The molecule has 8 nitrogen and oxygen atoms in total. The van der Waals surface area contributed by atoms with Crippen LogP contribution in [0.25, 0.3) is 5.57 Å². The van der Waals surface area contributed by atoms with Crippen molar-refractivity contribution in [3.05, 3.63) is 28.9 Å². The lowest BCUT2D eigenvalue weighted by Gasteiger charge is -2.48. The molecule has 4 N–H and O–H groups in total. The second-order valence-electron chi connectivity index (χ2n) is 6.97. The van der Waals surface area contributed by atoms with Crippen LogP contribution in [0, 0.1) is 5.92 Å². The monoisotopic (exact) mass is 420 g/mol. The van der Waals surface area contributed by atoms with Crippen LogP contribution >= 0.6 is 23.1 Å². The van der Waals surface area contributed by atoms with Gasteiger partial charge in [0.15, 0.2) is 5.13 Å². The van der Waals surface area contributed by atoms with Crippen molar-refractivity contribution >= 4 is 51.6 Å². The number of nitrogens with one attached hydrogen (secondary N) is 1. The number of hydrogen-bond acceptors (Lipinski definition) is 7. The largest absolute Gasteiger partial charge is 0.477 e. The molecule has 2 fully saturated rings. The van der Waals surface area contributed by atoms with E-state index >= 15 is 0 Å². The fourth-order valence-electron chi connectivity index (χ4n) is 3.81.